The second-order valence-corrected chi connectivity index (χ2v) is 4.54. The van der Waals surface area contributed by atoms with E-state index in [1.54, 1.807) is 19.9 Å². The fraction of sp³-hybridized carbons (Fsp3) is 0.571. The second kappa shape index (κ2) is 7.61. The number of carbonyl (C=O) groups is 2. The van der Waals surface area contributed by atoms with Crippen molar-refractivity contribution in [2.45, 2.75) is 40.0 Å². The Morgan fingerprint density at radius 3 is 2.53 bits per heavy atom. The normalized spacial score (nSPS) is 10.3. The van der Waals surface area contributed by atoms with Gasteiger partial charge >= 0.3 is 0 Å². The largest absolute Gasteiger partial charge is 0.466 e. The van der Waals surface area contributed by atoms with Crippen LogP contribution in [0.5, 0.6) is 0 Å². The molecule has 0 aliphatic rings. The predicted octanol–water partition coefficient (Wildman–Crippen LogP) is 1.93. The van der Waals surface area contributed by atoms with Gasteiger partial charge in [0.25, 0.3) is 5.91 Å². The number of rotatable bonds is 7. The Morgan fingerprint density at radius 1 is 1.21 bits per heavy atom. The van der Waals surface area contributed by atoms with Gasteiger partial charge in [-0.25, -0.2) is 0 Å². The van der Waals surface area contributed by atoms with Crippen LogP contribution in [0.4, 0.5) is 0 Å². The summed E-state index contributed by atoms with van der Waals surface area (Å²) in [5.74, 6) is 1.08. The van der Waals surface area contributed by atoms with E-state index in [2.05, 4.69) is 17.6 Å². The summed E-state index contributed by atoms with van der Waals surface area (Å²) < 4.78 is 5.29. The smallest absolute Gasteiger partial charge is 0.254 e. The highest BCUT2D eigenvalue weighted by Crippen LogP contribution is 2.13. The summed E-state index contributed by atoms with van der Waals surface area (Å²) in [6.07, 6.45) is 2.33. The minimum atomic E-state index is -0.198. The molecule has 0 bridgehead atoms. The quantitative estimate of drug-likeness (QED) is 0.741. The van der Waals surface area contributed by atoms with Crippen LogP contribution in [0.1, 0.15) is 48.1 Å². The molecule has 106 valence electrons. The van der Waals surface area contributed by atoms with E-state index >= 15 is 0 Å². The summed E-state index contributed by atoms with van der Waals surface area (Å²) in [6, 6.07) is 1.70. The zero-order chi connectivity index (χ0) is 14.3. The summed E-state index contributed by atoms with van der Waals surface area (Å²) in [5.41, 5.74) is 0.531. The third kappa shape index (κ3) is 5.16. The third-order valence-corrected chi connectivity index (χ3v) is 2.78. The lowest BCUT2D eigenvalue weighted by Crippen LogP contribution is -2.31. The standard InChI is InChI=1S/C14H22N2O3/c1-4-5-7-15-13(17)6-8-16-14(18)12-9-10(2)19-11(12)3/h9H,4-8H2,1-3H3,(H,15,17)(H,16,18). The predicted molar refractivity (Wildman–Crippen MR) is 73.0 cm³/mol. The summed E-state index contributed by atoms with van der Waals surface area (Å²) >= 11 is 0. The van der Waals surface area contributed by atoms with Crippen LogP contribution >= 0.6 is 0 Å². The lowest BCUT2D eigenvalue weighted by molar-refractivity contribution is -0.120. The number of aryl methyl sites for hydroxylation is 2. The van der Waals surface area contributed by atoms with Crippen LogP contribution < -0.4 is 10.6 Å². The van der Waals surface area contributed by atoms with Crippen LogP contribution in [-0.4, -0.2) is 24.9 Å². The van der Waals surface area contributed by atoms with E-state index in [1.807, 2.05) is 0 Å². The topological polar surface area (TPSA) is 71.3 Å². The van der Waals surface area contributed by atoms with E-state index in [1.165, 1.54) is 0 Å². The third-order valence-electron chi connectivity index (χ3n) is 2.78. The SMILES string of the molecule is CCCCNC(=O)CCNC(=O)c1cc(C)oc1C. The van der Waals surface area contributed by atoms with Crippen LogP contribution in [0, 0.1) is 13.8 Å². The molecule has 2 N–H and O–H groups in total. The molecule has 0 unspecified atom stereocenters. The molecule has 0 fully saturated rings. The number of unbranched alkanes of at least 4 members (excludes halogenated alkanes) is 1. The van der Waals surface area contributed by atoms with Crippen molar-refractivity contribution in [3.05, 3.63) is 23.2 Å². The number of nitrogens with one attached hydrogen (secondary N) is 2. The number of furan rings is 1. The average molecular weight is 266 g/mol. The van der Waals surface area contributed by atoms with Gasteiger partial charge in [0.1, 0.15) is 11.5 Å². The first-order chi connectivity index (χ1) is 9.04. The first-order valence-electron chi connectivity index (χ1n) is 6.66. The van der Waals surface area contributed by atoms with Gasteiger partial charge in [0.15, 0.2) is 0 Å². The van der Waals surface area contributed by atoms with Gasteiger partial charge in [0.2, 0.25) is 5.91 Å². The number of carbonyl (C=O) groups excluding carboxylic acids is 2. The highest BCUT2D eigenvalue weighted by atomic mass is 16.3. The molecule has 5 heteroatoms. The van der Waals surface area contributed by atoms with Crippen LogP contribution in [0.15, 0.2) is 10.5 Å². The van der Waals surface area contributed by atoms with Crippen LogP contribution in [0.2, 0.25) is 0 Å². The summed E-state index contributed by atoms with van der Waals surface area (Å²) in [7, 11) is 0. The molecule has 0 aliphatic carbocycles. The van der Waals surface area contributed by atoms with Crippen molar-refractivity contribution in [3.8, 4) is 0 Å². The first-order valence-corrected chi connectivity index (χ1v) is 6.66. The molecule has 0 radical (unpaired) electrons. The Labute approximate surface area is 113 Å². The highest BCUT2D eigenvalue weighted by molar-refractivity contribution is 5.95. The van der Waals surface area contributed by atoms with Gasteiger partial charge in [-0.2, -0.15) is 0 Å². The molecule has 1 rings (SSSR count). The van der Waals surface area contributed by atoms with Crippen LogP contribution in [0.25, 0.3) is 0 Å². The Kier molecular flexibility index (Phi) is 6.12. The molecule has 0 aromatic carbocycles. The zero-order valence-corrected chi connectivity index (χ0v) is 11.8. The molecule has 0 saturated carbocycles. The van der Waals surface area contributed by atoms with E-state index in [0.717, 1.165) is 12.8 Å². The van der Waals surface area contributed by atoms with E-state index in [0.29, 0.717) is 36.6 Å². The Balaban J connectivity index is 2.27. The molecule has 0 atom stereocenters. The number of hydrogen-bond donors (Lipinski definition) is 2. The van der Waals surface area contributed by atoms with Crippen molar-refractivity contribution >= 4 is 11.8 Å². The molecule has 2 amide bonds. The van der Waals surface area contributed by atoms with Gasteiger partial charge in [-0.05, 0) is 26.3 Å². The molecule has 1 aromatic rings. The first kappa shape index (κ1) is 15.3. The molecule has 0 aliphatic heterocycles. The van der Waals surface area contributed by atoms with Crippen molar-refractivity contribution in [2.75, 3.05) is 13.1 Å². The van der Waals surface area contributed by atoms with Gasteiger partial charge in [0.05, 0.1) is 5.56 Å². The summed E-state index contributed by atoms with van der Waals surface area (Å²) in [6.45, 7) is 6.65. The summed E-state index contributed by atoms with van der Waals surface area (Å²) in [5, 5.41) is 5.52. The lowest BCUT2D eigenvalue weighted by Gasteiger charge is -2.05. The maximum atomic E-state index is 11.8. The average Bonchev–Trinajstić information content (AvgIpc) is 2.69. The van der Waals surface area contributed by atoms with E-state index < -0.39 is 0 Å². The maximum absolute atomic E-state index is 11.8. The van der Waals surface area contributed by atoms with Gasteiger partial charge in [-0.3, -0.25) is 9.59 Å². The Bertz CT molecular complexity index is 438. The molecule has 1 heterocycles. The minimum absolute atomic E-state index is 0.0335. The number of hydrogen-bond acceptors (Lipinski definition) is 3. The molecule has 0 spiro atoms. The van der Waals surface area contributed by atoms with Crippen molar-refractivity contribution in [3.63, 3.8) is 0 Å². The second-order valence-electron chi connectivity index (χ2n) is 4.54. The lowest BCUT2D eigenvalue weighted by atomic mass is 10.2. The van der Waals surface area contributed by atoms with Gasteiger partial charge in [-0.15, -0.1) is 0 Å². The van der Waals surface area contributed by atoms with Crippen molar-refractivity contribution in [1.82, 2.24) is 10.6 Å². The van der Waals surface area contributed by atoms with Crippen molar-refractivity contribution in [2.24, 2.45) is 0 Å². The van der Waals surface area contributed by atoms with Gasteiger partial charge in [-0.1, -0.05) is 13.3 Å². The van der Waals surface area contributed by atoms with Crippen molar-refractivity contribution < 1.29 is 14.0 Å². The van der Waals surface area contributed by atoms with Crippen LogP contribution in [-0.2, 0) is 4.79 Å². The van der Waals surface area contributed by atoms with Crippen LogP contribution in [0.3, 0.4) is 0 Å². The monoisotopic (exact) mass is 266 g/mol. The molecule has 19 heavy (non-hydrogen) atoms. The zero-order valence-electron chi connectivity index (χ0n) is 11.8. The summed E-state index contributed by atoms with van der Waals surface area (Å²) in [4.78, 5) is 23.2. The Morgan fingerprint density at radius 2 is 1.95 bits per heavy atom. The minimum Gasteiger partial charge on any atom is -0.466 e. The molecular formula is C14H22N2O3. The Hall–Kier alpha value is -1.78. The fourth-order valence-corrected chi connectivity index (χ4v) is 1.73. The van der Waals surface area contributed by atoms with Crippen molar-refractivity contribution in [1.29, 1.82) is 0 Å². The van der Waals surface area contributed by atoms with Gasteiger partial charge < -0.3 is 15.1 Å². The van der Waals surface area contributed by atoms with E-state index in [9.17, 15) is 9.59 Å². The van der Waals surface area contributed by atoms with E-state index in [4.69, 9.17) is 4.42 Å². The fourth-order valence-electron chi connectivity index (χ4n) is 1.73. The highest BCUT2D eigenvalue weighted by Gasteiger charge is 2.13. The molecule has 1 aromatic heterocycles. The maximum Gasteiger partial charge on any atom is 0.254 e. The number of amides is 2. The molecule has 0 saturated heterocycles. The van der Waals surface area contributed by atoms with E-state index in [-0.39, 0.29) is 11.8 Å². The molecular weight excluding hydrogens is 244 g/mol. The van der Waals surface area contributed by atoms with Gasteiger partial charge in [0, 0.05) is 19.5 Å². The molecule has 5 nitrogen and oxygen atoms in total.